The number of nitrogens with zero attached hydrogens (tertiary/aromatic N) is 2. The zero-order chi connectivity index (χ0) is 33.2. The first kappa shape index (κ1) is 28.5. The van der Waals surface area contributed by atoms with Crippen molar-refractivity contribution in [1.82, 2.24) is 9.55 Å². The molecule has 2 heteroatoms. The Balaban J connectivity index is 1.22. The number of aromatic nitrogens is 2. The second-order valence-electron chi connectivity index (χ2n) is 13.2. The molecule has 0 bridgehead atoms. The molecule has 10 aromatic rings. The van der Waals surface area contributed by atoms with Gasteiger partial charge in [0.05, 0.1) is 11.0 Å². The number of fused-ring (bicyclic) bond motifs is 5. The maximum atomic E-state index is 4.80. The Morgan fingerprint density at radius 2 is 0.880 bits per heavy atom. The first-order valence-corrected chi connectivity index (χ1v) is 17.2. The van der Waals surface area contributed by atoms with Crippen molar-refractivity contribution in [2.45, 2.75) is 6.92 Å². The summed E-state index contributed by atoms with van der Waals surface area (Å²) in [7, 11) is 0. The van der Waals surface area contributed by atoms with Gasteiger partial charge in [-0.2, -0.15) is 0 Å². The summed E-state index contributed by atoms with van der Waals surface area (Å²) in [5.74, 6) is 0.984. The molecule has 0 saturated heterocycles. The van der Waals surface area contributed by atoms with Crippen LogP contribution in [0.25, 0.3) is 93.2 Å². The molecule has 10 rings (SSSR count). The highest BCUT2D eigenvalue weighted by Gasteiger charge is 2.18. The van der Waals surface area contributed by atoms with E-state index in [0.717, 1.165) is 22.5 Å². The van der Waals surface area contributed by atoms with Crippen molar-refractivity contribution < 1.29 is 0 Å². The lowest BCUT2D eigenvalue weighted by molar-refractivity contribution is 1.00. The molecular weight excluding hydrogens is 605 g/mol. The van der Waals surface area contributed by atoms with Crippen LogP contribution in [0.5, 0.6) is 0 Å². The quantitative estimate of drug-likeness (QED) is 0.176. The summed E-state index contributed by atoms with van der Waals surface area (Å²) in [6, 6.07) is 64.3. The maximum absolute atomic E-state index is 4.80. The van der Waals surface area contributed by atoms with Gasteiger partial charge in [0.2, 0.25) is 0 Å². The van der Waals surface area contributed by atoms with Crippen LogP contribution in [0.2, 0.25) is 0 Å². The molecule has 234 valence electrons. The summed E-state index contributed by atoms with van der Waals surface area (Å²) >= 11 is 0. The van der Waals surface area contributed by atoms with Crippen molar-refractivity contribution in [3.8, 4) is 39.1 Å². The van der Waals surface area contributed by atoms with Crippen LogP contribution in [0.4, 0.5) is 0 Å². The summed E-state index contributed by atoms with van der Waals surface area (Å²) in [6.07, 6.45) is 0. The van der Waals surface area contributed by atoms with E-state index in [9.17, 15) is 0 Å². The minimum Gasteiger partial charge on any atom is -0.297 e. The largest absolute Gasteiger partial charge is 0.297 e. The van der Waals surface area contributed by atoms with Gasteiger partial charge < -0.3 is 0 Å². The lowest BCUT2D eigenvalue weighted by atomic mass is 9.84. The predicted molar refractivity (Wildman–Crippen MR) is 212 cm³/mol. The molecule has 1 heterocycles. The van der Waals surface area contributed by atoms with Crippen molar-refractivity contribution in [2.24, 2.45) is 0 Å². The van der Waals surface area contributed by atoms with E-state index in [4.69, 9.17) is 4.98 Å². The summed E-state index contributed by atoms with van der Waals surface area (Å²) in [6.45, 7) is 2.07. The van der Waals surface area contributed by atoms with Gasteiger partial charge in [-0.05, 0) is 126 Å². The summed E-state index contributed by atoms with van der Waals surface area (Å²) < 4.78 is 2.24. The fraction of sp³-hybridized carbons (Fsp3) is 0.0208. The Morgan fingerprint density at radius 1 is 0.380 bits per heavy atom. The number of aryl methyl sites for hydroxylation is 1. The third kappa shape index (κ3) is 4.53. The molecule has 9 aromatic carbocycles. The average molecular weight is 637 g/mol. The molecule has 0 aliphatic carbocycles. The first-order valence-electron chi connectivity index (χ1n) is 17.2. The Kier molecular flexibility index (Phi) is 6.43. The minimum absolute atomic E-state index is 0.984. The van der Waals surface area contributed by atoms with Crippen LogP contribution in [0.15, 0.2) is 176 Å². The molecule has 2 nitrogen and oxygen atoms in total. The van der Waals surface area contributed by atoms with Gasteiger partial charge in [0.15, 0.2) is 0 Å². The topological polar surface area (TPSA) is 17.8 Å². The van der Waals surface area contributed by atoms with E-state index in [1.54, 1.807) is 0 Å². The maximum Gasteiger partial charge on any atom is 0.111 e. The fourth-order valence-corrected chi connectivity index (χ4v) is 7.94. The van der Waals surface area contributed by atoms with Crippen LogP contribution in [-0.2, 0) is 0 Å². The Morgan fingerprint density at radius 3 is 1.54 bits per heavy atom. The van der Waals surface area contributed by atoms with E-state index in [2.05, 4.69) is 181 Å². The first-order chi connectivity index (χ1) is 24.7. The van der Waals surface area contributed by atoms with Crippen molar-refractivity contribution in [3.05, 3.63) is 182 Å². The minimum atomic E-state index is 0.984. The molecule has 0 spiro atoms. The van der Waals surface area contributed by atoms with Crippen LogP contribution >= 0.6 is 0 Å². The zero-order valence-corrected chi connectivity index (χ0v) is 27.6. The molecule has 0 aliphatic rings. The van der Waals surface area contributed by atoms with Gasteiger partial charge in [-0.1, -0.05) is 133 Å². The molecule has 1 aromatic heterocycles. The van der Waals surface area contributed by atoms with Gasteiger partial charge in [-0.3, -0.25) is 4.57 Å². The number of rotatable bonds is 4. The Hall–Kier alpha value is -6.51. The molecule has 0 radical (unpaired) electrons. The summed E-state index contributed by atoms with van der Waals surface area (Å²) in [5, 5.41) is 10.0. The van der Waals surface area contributed by atoms with Crippen molar-refractivity contribution in [3.63, 3.8) is 0 Å². The SMILES string of the molecule is Cc1nc2ccccc2n1-c1ccc(-c2ccc3c(-c4ccc5ccccc5c4)c4ccccc4c(-c4ccc5ccccc5c4)c3c2)cc1. The fourth-order valence-electron chi connectivity index (χ4n) is 7.94. The zero-order valence-electron chi connectivity index (χ0n) is 27.6. The highest BCUT2D eigenvalue weighted by atomic mass is 15.1. The molecule has 0 aliphatic heterocycles. The standard InChI is InChI=1S/C48H32N2/c1-31-49-45-16-8-9-17-46(45)50(31)40-25-22-34(23-26-40)37-24-27-43-44(30-37)48(39-21-19-33-11-3-5-13-36(33)29-39)42-15-7-6-14-41(42)47(43)38-20-18-32-10-2-4-12-35(32)28-38/h2-30H,1H3. The van der Waals surface area contributed by atoms with E-state index in [-0.39, 0.29) is 0 Å². The molecule has 0 unspecified atom stereocenters. The second kappa shape index (κ2) is 11.3. The number of imidazole rings is 1. The molecule has 0 fully saturated rings. The van der Waals surface area contributed by atoms with E-state index >= 15 is 0 Å². The van der Waals surface area contributed by atoms with Gasteiger partial charge in [0.25, 0.3) is 0 Å². The number of hydrogen-bond acceptors (Lipinski definition) is 1. The number of hydrogen-bond donors (Lipinski definition) is 0. The highest BCUT2D eigenvalue weighted by molar-refractivity contribution is 6.22. The van der Waals surface area contributed by atoms with E-state index < -0.39 is 0 Å². The normalized spacial score (nSPS) is 11.7. The predicted octanol–water partition coefficient (Wildman–Crippen LogP) is 12.9. The average Bonchev–Trinajstić information content (AvgIpc) is 3.52. The Bertz CT molecular complexity index is 2930. The van der Waals surface area contributed by atoms with Crippen molar-refractivity contribution in [2.75, 3.05) is 0 Å². The third-order valence-corrected chi connectivity index (χ3v) is 10.3. The molecule has 0 N–H and O–H groups in total. The van der Waals surface area contributed by atoms with Gasteiger partial charge in [-0.25, -0.2) is 4.98 Å². The van der Waals surface area contributed by atoms with Gasteiger partial charge in [0.1, 0.15) is 5.82 Å². The molecular formula is C48H32N2. The van der Waals surface area contributed by atoms with Crippen molar-refractivity contribution >= 4 is 54.1 Å². The lowest BCUT2D eigenvalue weighted by Gasteiger charge is -2.19. The highest BCUT2D eigenvalue weighted by Crippen LogP contribution is 2.45. The van der Waals surface area contributed by atoms with Crippen LogP contribution < -0.4 is 0 Å². The molecule has 50 heavy (non-hydrogen) atoms. The lowest BCUT2D eigenvalue weighted by Crippen LogP contribution is -1.96. The third-order valence-electron chi connectivity index (χ3n) is 10.3. The van der Waals surface area contributed by atoms with Crippen LogP contribution in [0.1, 0.15) is 5.82 Å². The Labute approximate surface area is 290 Å². The van der Waals surface area contributed by atoms with Crippen LogP contribution in [-0.4, -0.2) is 9.55 Å². The van der Waals surface area contributed by atoms with E-state index in [0.29, 0.717) is 0 Å². The number of benzene rings is 9. The van der Waals surface area contributed by atoms with Gasteiger partial charge in [0, 0.05) is 5.69 Å². The summed E-state index contributed by atoms with van der Waals surface area (Å²) in [4.78, 5) is 4.80. The monoisotopic (exact) mass is 636 g/mol. The molecule has 0 saturated carbocycles. The second-order valence-corrected chi connectivity index (χ2v) is 13.2. The summed E-state index contributed by atoms with van der Waals surface area (Å²) in [5.41, 5.74) is 10.6. The van der Waals surface area contributed by atoms with Crippen LogP contribution in [0, 0.1) is 6.92 Å². The van der Waals surface area contributed by atoms with E-state index in [1.807, 2.05) is 6.07 Å². The molecule has 0 amide bonds. The smallest absolute Gasteiger partial charge is 0.111 e. The van der Waals surface area contributed by atoms with E-state index in [1.165, 1.54) is 76.5 Å². The molecule has 0 atom stereocenters. The van der Waals surface area contributed by atoms with Crippen molar-refractivity contribution in [1.29, 1.82) is 0 Å². The van der Waals surface area contributed by atoms with Gasteiger partial charge in [-0.15, -0.1) is 0 Å². The van der Waals surface area contributed by atoms with Crippen LogP contribution in [0.3, 0.4) is 0 Å². The van der Waals surface area contributed by atoms with Gasteiger partial charge >= 0.3 is 0 Å². The number of para-hydroxylation sites is 2.